The molecule has 0 saturated heterocycles. The number of benzene rings is 1. The van der Waals surface area contributed by atoms with Gasteiger partial charge in [-0.3, -0.25) is 0 Å². The zero-order chi connectivity index (χ0) is 12.3. The Kier molecular flexibility index (Phi) is 3.80. The lowest BCUT2D eigenvalue weighted by atomic mass is 10.1. The maximum absolute atomic E-state index is 12.7. The van der Waals surface area contributed by atoms with Gasteiger partial charge in [0.05, 0.1) is 18.3 Å². The number of halogens is 3. The number of alkyl halides is 3. The van der Waals surface area contributed by atoms with Crippen LogP contribution in [0, 0.1) is 0 Å². The standard InChI is InChI=1S/C11H13F3O2/c1-3-16-10-5-4-8(7(2)15)6-9(10)11(12,13)14/h4-7,15H,3H2,1-2H3. The summed E-state index contributed by atoms with van der Waals surface area (Å²) in [5.41, 5.74) is -0.636. The van der Waals surface area contributed by atoms with Gasteiger partial charge in [0.25, 0.3) is 0 Å². The molecule has 0 spiro atoms. The highest BCUT2D eigenvalue weighted by atomic mass is 19.4. The van der Waals surface area contributed by atoms with Crippen LogP contribution in [-0.2, 0) is 6.18 Å². The summed E-state index contributed by atoms with van der Waals surface area (Å²) in [7, 11) is 0. The lowest BCUT2D eigenvalue weighted by Gasteiger charge is -2.15. The lowest BCUT2D eigenvalue weighted by molar-refractivity contribution is -0.139. The molecule has 5 heteroatoms. The van der Waals surface area contributed by atoms with Crippen molar-refractivity contribution in [2.24, 2.45) is 0 Å². The quantitative estimate of drug-likeness (QED) is 0.870. The minimum absolute atomic E-state index is 0.164. The molecule has 1 N–H and O–H groups in total. The zero-order valence-electron chi connectivity index (χ0n) is 9.01. The number of rotatable bonds is 3. The third kappa shape index (κ3) is 2.88. The fourth-order valence-corrected chi connectivity index (χ4v) is 1.31. The largest absolute Gasteiger partial charge is 0.493 e. The van der Waals surface area contributed by atoms with E-state index in [9.17, 15) is 18.3 Å². The maximum atomic E-state index is 12.7. The molecule has 0 saturated carbocycles. The van der Waals surface area contributed by atoms with Crippen molar-refractivity contribution in [1.82, 2.24) is 0 Å². The molecule has 0 aliphatic rings. The van der Waals surface area contributed by atoms with E-state index in [2.05, 4.69) is 0 Å². The monoisotopic (exact) mass is 234 g/mol. The van der Waals surface area contributed by atoms with Gasteiger partial charge in [0.2, 0.25) is 0 Å². The van der Waals surface area contributed by atoms with E-state index in [1.54, 1.807) is 6.92 Å². The Morgan fingerprint density at radius 3 is 2.44 bits per heavy atom. The van der Waals surface area contributed by atoms with Gasteiger partial charge in [-0.15, -0.1) is 0 Å². The molecule has 0 fully saturated rings. The summed E-state index contributed by atoms with van der Waals surface area (Å²) in [5, 5.41) is 9.23. The van der Waals surface area contributed by atoms with E-state index >= 15 is 0 Å². The second-order valence-corrected chi connectivity index (χ2v) is 3.36. The molecule has 1 aromatic carbocycles. The van der Waals surface area contributed by atoms with Crippen molar-refractivity contribution in [3.8, 4) is 5.75 Å². The van der Waals surface area contributed by atoms with Crippen LogP contribution in [0.4, 0.5) is 13.2 Å². The number of aliphatic hydroxyl groups excluding tert-OH is 1. The van der Waals surface area contributed by atoms with E-state index in [0.717, 1.165) is 6.07 Å². The molecule has 0 aliphatic carbocycles. The van der Waals surface area contributed by atoms with Crippen molar-refractivity contribution < 1.29 is 23.0 Å². The first kappa shape index (κ1) is 12.8. The van der Waals surface area contributed by atoms with Gasteiger partial charge in [-0.1, -0.05) is 6.07 Å². The van der Waals surface area contributed by atoms with Gasteiger partial charge in [-0.05, 0) is 31.5 Å². The Hall–Kier alpha value is -1.23. The first-order chi connectivity index (χ1) is 7.36. The summed E-state index contributed by atoms with van der Waals surface area (Å²) in [4.78, 5) is 0. The first-order valence-corrected chi connectivity index (χ1v) is 4.88. The molecule has 1 unspecified atom stereocenters. The van der Waals surface area contributed by atoms with Crippen molar-refractivity contribution in [2.75, 3.05) is 6.61 Å². The number of hydrogen-bond donors (Lipinski definition) is 1. The van der Waals surface area contributed by atoms with Gasteiger partial charge in [0.1, 0.15) is 5.75 Å². The lowest BCUT2D eigenvalue weighted by Crippen LogP contribution is -2.10. The third-order valence-corrected chi connectivity index (χ3v) is 2.09. The van der Waals surface area contributed by atoms with Crippen LogP contribution in [0.5, 0.6) is 5.75 Å². The van der Waals surface area contributed by atoms with E-state index in [1.807, 2.05) is 0 Å². The molecule has 1 rings (SSSR count). The Balaban J connectivity index is 3.21. The minimum atomic E-state index is -4.48. The smallest absolute Gasteiger partial charge is 0.419 e. The number of hydrogen-bond acceptors (Lipinski definition) is 2. The molecule has 0 heterocycles. The Morgan fingerprint density at radius 1 is 1.38 bits per heavy atom. The molecule has 90 valence electrons. The van der Waals surface area contributed by atoms with Crippen molar-refractivity contribution in [3.63, 3.8) is 0 Å². The first-order valence-electron chi connectivity index (χ1n) is 4.88. The summed E-state index contributed by atoms with van der Waals surface area (Å²) in [6.07, 6.45) is -5.41. The van der Waals surface area contributed by atoms with E-state index in [0.29, 0.717) is 0 Å². The highest BCUT2D eigenvalue weighted by molar-refractivity contribution is 5.39. The van der Waals surface area contributed by atoms with Gasteiger partial charge >= 0.3 is 6.18 Å². The van der Waals surface area contributed by atoms with E-state index in [4.69, 9.17) is 4.74 Å². The fourth-order valence-electron chi connectivity index (χ4n) is 1.31. The van der Waals surface area contributed by atoms with Crippen molar-refractivity contribution in [3.05, 3.63) is 29.3 Å². The average Bonchev–Trinajstić information content (AvgIpc) is 2.16. The maximum Gasteiger partial charge on any atom is 0.419 e. The summed E-state index contributed by atoms with van der Waals surface area (Å²) in [6, 6.07) is 3.56. The molecule has 16 heavy (non-hydrogen) atoms. The Labute approximate surface area is 91.7 Å². The highest BCUT2D eigenvalue weighted by Crippen LogP contribution is 2.37. The normalized spacial score (nSPS) is 13.6. The van der Waals surface area contributed by atoms with Gasteiger partial charge in [-0.25, -0.2) is 0 Å². The van der Waals surface area contributed by atoms with Crippen LogP contribution < -0.4 is 4.74 Å². The van der Waals surface area contributed by atoms with Gasteiger partial charge in [0.15, 0.2) is 0 Å². The van der Waals surface area contributed by atoms with Crippen molar-refractivity contribution in [1.29, 1.82) is 0 Å². The van der Waals surface area contributed by atoms with E-state index < -0.39 is 17.8 Å². The SMILES string of the molecule is CCOc1ccc(C(C)O)cc1C(F)(F)F. The minimum Gasteiger partial charge on any atom is -0.493 e. The number of aliphatic hydroxyl groups is 1. The summed E-state index contributed by atoms with van der Waals surface area (Å²) in [6.45, 7) is 3.19. The molecule has 1 aromatic rings. The van der Waals surface area contributed by atoms with Crippen LogP contribution in [0.2, 0.25) is 0 Å². The summed E-state index contributed by atoms with van der Waals surface area (Å²) < 4.78 is 42.9. The molecule has 0 amide bonds. The molecule has 0 aliphatic heterocycles. The van der Waals surface area contributed by atoms with Crippen LogP contribution in [0.1, 0.15) is 31.1 Å². The van der Waals surface area contributed by atoms with Crippen LogP contribution in [-0.4, -0.2) is 11.7 Å². The topological polar surface area (TPSA) is 29.5 Å². The summed E-state index contributed by atoms with van der Waals surface area (Å²) in [5.74, 6) is -0.209. The fraction of sp³-hybridized carbons (Fsp3) is 0.455. The van der Waals surface area contributed by atoms with Crippen LogP contribution >= 0.6 is 0 Å². The summed E-state index contributed by atoms with van der Waals surface area (Å²) >= 11 is 0. The van der Waals surface area contributed by atoms with E-state index in [-0.39, 0.29) is 17.9 Å². The highest BCUT2D eigenvalue weighted by Gasteiger charge is 2.34. The van der Waals surface area contributed by atoms with Crippen molar-refractivity contribution >= 4 is 0 Å². The van der Waals surface area contributed by atoms with Crippen LogP contribution in [0.3, 0.4) is 0 Å². The second-order valence-electron chi connectivity index (χ2n) is 3.36. The molecule has 1 atom stereocenters. The zero-order valence-corrected chi connectivity index (χ0v) is 9.01. The molecule has 0 bridgehead atoms. The second kappa shape index (κ2) is 4.74. The van der Waals surface area contributed by atoms with Crippen molar-refractivity contribution in [2.45, 2.75) is 26.1 Å². The molecular weight excluding hydrogens is 221 g/mol. The van der Waals surface area contributed by atoms with E-state index in [1.165, 1.54) is 19.1 Å². The molecular formula is C11H13F3O2. The Bertz CT molecular complexity index is 359. The molecule has 0 radical (unpaired) electrons. The molecule has 2 nitrogen and oxygen atoms in total. The molecule has 0 aromatic heterocycles. The van der Waals surface area contributed by atoms with Gasteiger partial charge < -0.3 is 9.84 Å². The van der Waals surface area contributed by atoms with Crippen LogP contribution in [0.25, 0.3) is 0 Å². The third-order valence-electron chi connectivity index (χ3n) is 2.09. The van der Waals surface area contributed by atoms with Gasteiger partial charge in [0, 0.05) is 0 Å². The van der Waals surface area contributed by atoms with Crippen LogP contribution in [0.15, 0.2) is 18.2 Å². The predicted octanol–water partition coefficient (Wildman–Crippen LogP) is 3.16. The number of ether oxygens (including phenoxy) is 1. The predicted molar refractivity (Wildman–Crippen MR) is 53.2 cm³/mol. The average molecular weight is 234 g/mol. The van der Waals surface area contributed by atoms with Gasteiger partial charge in [-0.2, -0.15) is 13.2 Å². The Morgan fingerprint density at radius 2 is 2.00 bits per heavy atom.